The van der Waals surface area contributed by atoms with Gasteiger partial charge in [0.2, 0.25) is 5.91 Å². The van der Waals surface area contributed by atoms with E-state index in [9.17, 15) is 9.59 Å². The molecule has 0 radical (unpaired) electrons. The van der Waals surface area contributed by atoms with Gasteiger partial charge in [0.15, 0.2) is 5.16 Å². The van der Waals surface area contributed by atoms with Gasteiger partial charge in [-0.15, -0.1) is 0 Å². The van der Waals surface area contributed by atoms with Crippen molar-refractivity contribution in [1.82, 2.24) is 25.5 Å². The molecule has 7 nitrogen and oxygen atoms in total. The molecule has 22 heavy (non-hydrogen) atoms. The molecule has 1 fully saturated rings. The molecule has 1 aromatic heterocycles. The number of hydrogen-bond donors (Lipinski definition) is 2. The number of nitrogens with one attached hydrogen (secondary N) is 2. The molecule has 0 aromatic carbocycles. The number of aromatic nitrogens is 2. The van der Waals surface area contributed by atoms with Crippen LogP contribution in [0.15, 0.2) is 11.2 Å². The van der Waals surface area contributed by atoms with Crippen LogP contribution in [0.3, 0.4) is 0 Å². The van der Waals surface area contributed by atoms with Crippen LogP contribution < -0.4 is 10.6 Å². The van der Waals surface area contributed by atoms with Crippen molar-refractivity contribution in [3.8, 4) is 0 Å². The highest BCUT2D eigenvalue weighted by Crippen LogP contribution is 2.19. The van der Waals surface area contributed by atoms with Crippen molar-refractivity contribution < 1.29 is 9.59 Å². The van der Waals surface area contributed by atoms with Crippen LogP contribution in [-0.4, -0.2) is 58.2 Å². The minimum absolute atomic E-state index is 0.0692. The summed E-state index contributed by atoms with van der Waals surface area (Å²) in [6.45, 7) is 7.97. The fraction of sp³-hybridized carbons (Fsp3) is 0.571. The van der Waals surface area contributed by atoms with Gasteiger partial charge in [0.1, 0.15) is 0 Å². The maximum atomic E-state index is 12.1. The predicted molar refractivity (Wildman–Crippen MR) is 84.8 cm³/mol. The largest absolute Gasteiger partial charge is 0.353 e. The van der Waals surface area contributed by atoms with E-state index in [1.807, 2.05) is 26.8 Å². The summed E-state index contributed by atoms with van der Waals surface area (Å²) in [5.41, 5.74) is 1.78. The van der Waals surface area contributed by atoms with Gasteiger partial charge in [-0.2, -0.15) is 0 Å². The predicted octanol–water partition coefficient (Wildman–Crippen LogP) is 0.715. The summed E-state index contributed by atoms with van der Waals surface area (Å²) in [5, 5.41) is 5.90. The van der Waals surface area contributed by atoms with E-state index in [1.165, 1.54) is 11.8 Å². The average molecular weight is 323 g/mol. The van der Waals surface area contributed by atoms with Crippen LogP contribution in [0.2, 0.25) is 0 Å². The smallest absolute Gasteiger partial charge is 0.317 e. The zero-order valence-electron chi connectivity index (χ0n) is 13.0. The van der Waals surface area contributed by atoms with Crippen molar-refractivity contribution >= 4 is 23.7 Å². The molecule has 0 unspecified atom stereocenters. The Labute approximate surface area is 134 Å². The number of amides is 3. The Morgan fingerprint density at radius 1 is 1.45 bits per heavy atom. The summed E-state index contributed by atoms with van der Waals surface area (Å²) in [4.78, 5) is 33.8. The third-order valence-electron chi connectivity index (χ3n) is 3.24. The molecular weight excluding hydrogens is 302 g/mol. The summed E-state index contributed by atoms with van der Waals surface area (Å²) in [7, 11) is 0. The molecule has 0 aliphatic carbocycles. The second kappa shape index (κ2) is 7.44. The molecule has 120 valence electrons. The fourth-order valence-electron chi connectivity index (χ4n) is 2.14. The zero-order chi connectivity index (χ0) is 16.1. The lowest BCUT2D eigenvalue weighted by atomic mass is 10.4. The van der Waals surface area contributed by atoms with Gasteiger partial charge in [0, 0.05) is 37.6 Å². The van der Waals surface area contributed by atoms with Crippen molar-refractivity contribution in [2.24, 2.45) is 0 Å². The summed E-state index contributed by atoms with van der Waals surface area (Å²) in [6, 6.07) is 1.83. The van der Waals surface area contributed by atoms with Crippen molar-refractivity contribution in [2.75, 3.05) is 26.2 Å². The SMILES string of the molecule is Cc1cc(C)nc(S[C@H](C)C(=O)NCCN2CCNC2=O)n1. The van der Waals surface area contributed by atoms with E-state index in [2.05, 4.69) is 20.6 Å². The molecule has 1 aromatic rings. The molecule has 0 spiro atoms. The quantitative estimate of drug-likeness (QED) is 0.595. The molecule has 1 aliphatic rings. The van der Waals surface area contributed by atoms with E-state index in [0.717, 1.165) is 11.4 Å². The summed E-state index contributed by atoms with van der Waals surface area (Å²) < 4.78 is 0. The van der Waals surface area contributed by atoms with E-state index >= 15 is 0 Å². The molecule has 2 heterocycles. The number of rotatable bonds is 6. The van der Waals surface area contributed by atoms with E-state index in [1.54, 1.807) is 4.90 Å². The van der Waals surface area contributed by atoms with Gasteiger partial charge < -0.3 is 15.5 Å². The molecule has 0 saturated carbocycles. The van der Waals surface area contributed by atoms with E-state index in [0.29, 0.717) is 31.3 Å². The van der Waals surface area contributed by atoms with E-state index in [-0.39, 0.29) is 17.2 Å². The number of aryl methyl sites for hydroxylation is 2. The Kier molecular flexibility index (Phi) is 5.59. The van der Waals surface area contributed by atoms with Crippen LogP contribution in [0.1, 0.15) is 18.3 Å². The van der Waals surface area contributed by atoms with Gasteiger partial charge in [-0.3, -0.25) is 4.79 Å². The van der Waals surface area contributed by atoms with Crippen LogP contribution in [0.5, 0.6) is 0 Å². The molecule has 2 N–H and O–H groups in total. The van der Waals surface area contributed by atoms with Gasteiger partial charge >= 0.3 is 6.03 Å². The maximum absolute atomic E-state index is 12.1. The van der Waals surface area contributed by atoms with Crippen LogP contribution >= 0.6 is 11.8 Å². The topological polar surface area (TPSA) is 87.2 Å². The van der Waals surface area contributed by atoms with Crippen molar-refractivity contribution in [1.29, 1.82) is 0 Å². The van der Waals surface area contributed by atoms with Crippen LogP contribution in [0.4, 0.5) is 4.79 Å². The second-order valence-electron chi connectivity index (χ2n) is 5.20. The van der Waals surface area contributed by atoms with Gasteiger partial charge in [0.25, 0.3) is 0 Å². The first-order valence-corrected chi connectivity index (χ1v) is 8.13. The third-order valence-corrected chi connectivity index (χ3v) is 4.20. The van der Waals surface area contributed by atoms with Crippen LogP contribution in [-0.2, 0) is 4.79 Å². The number of carbonyl (C=O) groups is 2. The molecule has 1 saturated heterocycles. The highest BCUT2D eigenvalue weighted by Gasteiger charge is 2.20. The molecule has 2 rings (SSSR count). The third kappa shape index (κ3) is 4.59. The Hall–Kier alpha value is -1.83. The molecule has 1 atom stereocenters. The highest BCUT2D eigenvalue weighted by molar-refractivity contribution is 8.00. The molecule has 3 amide bonds. The Morgan fingerprint density at radius 2 is 2.14 bits per heavy atom. The lowest BCUT2D eigenvalue weighted by Gasteiger charge is -2.16. The van der Waals surface area contributed by atoms with Crippen molar-refractivity contribution in [3.63, 3.8) is 0 Å². The van der Waals surface area contributed by atoms with Crippen molar-refractivity contribution in [2.45, 2.75) is 31.2 Å². The van der Waals surface area contributed by atoms with Crippen molar-refractivity contribution in [3.05, 3.63) is 17.5 Å². The molecule has 8 heteroatoms. The maximum Gasteiger partial charge on any atom is 0.317 e. The first kappa shape index (κ1) is 16.5. The molecule has 1 aliphatic heterocycles. The summed E-state index contributed by atoms with van der Waals surface area (Å²) in [5.74, 6) is -0.0765. The fourth-order valence-corrected chi connectivity index (χ4v) is 3.04. The minimum atomic E-state index is -0.284. The van der Waals surface area contributed by atoms with Gasteiger partial charge in [-0.05, 0) is 26.8 Å². The Morgan fingerprint density at radius 3 is 2.73 bits per heavy atom. The number of thioether (sulfide) groups is 1. The number of nitrogens with zero attached hydrogens (tertiary/aromatic N) is 3. The second-order valence-corrected chi connectivity index (χ2v) is 6.51. The normalized spacial score (nSPS) is 15.6. The lowest BCUT2D eigenvalue weighted by Crippen LogP contribution is -2.39. The minimum Gasteiger partial charge on any atom is -0.353 e. The van der Waals surface area contributed by atoms with Crippen LogP contribution in [0, 0.1) is 13.8 Å². The van der Waals surface area contributed by atoms with Gasteiger partial charge in [-0.1, -0.05) is 11.8 Å². The standard InChI is InChI=1S/C14H21N5O2S/c1-9-8-10(2)18-13(17-9)22-11(3)12(20)15-4-6-19-7-5-16-14(19)21/h8,11H,4-7H2,1-3H3,(H,15,20)(H,16,21)/t11-/m1/s1. The zero-order valence-corrected chi connectivity index (χ0v) is 13.9. The lowest BCUT2D eigenvalue weighted by molar-refractivity contribution is -0.120. The Balaban J connectivity index is 1.78. The van der Waals surface area contributed by atoms with Gasteiger partial charge in [0.05, 0.1) is 5.25 Å². The summed E-state index contributed by atoms with van der Waals surface area (Å²) in [6.07, 6.45) is 0. The average Bonchev–Trinajstić information content (AvgIpc) is 2.83. The van der Waals surface area contributed by atoms with Crippen LogP contribution in [0.25, 0.3) is 0 Å². The number of urea groups is 1. The van der Waals surface area contributed by atoms with E-state index < -0.39 is 0 Å². The van der Waals surface area contributed by atoms with E-state index in [4.69, 9.17) is 0 Å². The molecular formula is C14H21N5O2S. The molecule has 0 bridgehead atoms. The Bertz CT molecular complexity index is 546. The first-order valence-electron chi connectivity index (χ1n) is 7.25. The highest BCUT2D eigenvalue weighted by atomic mass is 32.2. The summed E-state index contributed by atoms with van der Waals surface area (Å²) >= 11 is 1.34. The van der Waals surface area contributed by atoms with Gasteiger partial charge in [-0.25, -0.2) is 14.8 Å². The monoisotopic (exact) mass is 323 g/mol. The number of hydrogen-bond acceptors (Lipinski definition) is 5. The number of carbonyl (C=O) groups excluding carboxylic acids is 2. The first-order chi connectivity index (χ1) is 10.5.